The maximum absolute atomic E-state index is 6.42. The quantitative estimate of drug-likeness (QED) is 0.685. The molecule has 0 aliphatic heterocycles. The van der Waals surface area contributed by atoms with Crippen LogP contribution in [-0.4, -0.2) is 12.3 Å². The Labute approximate surface area is 142 Å². The Morgan fingerprint density at radius 1 is 1.13 bits per heavy atom. The van der Waals surface area contributed by atoms with Crippen LogP contribution in [0.4, 0.5) is 0 Å². The lowest BCUT2D eigenvalue weighted by Crippen LogP contribution is -2.29. The first-order chi connectivity index (χ1) is 10.9. The summed E-state index contributed by atoms with van der Waals surface area (Å²) < 4.78 is 0. The molecule has 0 aromatic carbocycles. The molecule has 0 spiro atoms. The number of rotatable bonds is 6. The van der Waals surface area contributed by atoms with E-state index in [0.717, 1.165) is 29.4 Å². The average Bonchev–Trinajstić information content (AvgIpc) is 2.42. The molecule has 0 atom stereocenters. The molecule has 0 radical (unpaired) electrons. The Morgan fingerprint density at radius 2 is 1.78 bits per heavy atom. The van der Waals surface area contributed by atoms with Crippen molar-refractivity contribution in [3.05, 3.63) is 23.7 Å². The Hall–Kier alpha value is -1.25. The molecular weight excluding hydrogens is 282 g/mol. The number of nitrogens with one attached hydrogen (secondary N) is 1. The van der Waals surface area contributed by atoms with Gasteiger partial charge in [0.05, 0.1) is 0 Å². The highest BCUT2D eigenvalue weighted by Crippen LogP contribution is 2.34. The summed E-state index contributed by atoms with van der Waals surface area (Å²) >= 11 is 0. The summed E-state index contributed by atoms with van der Waals surface area (Å²) in [5.41, 5.74) is 8.61. The second-order valence-corrected chi connectivity index (χ2v) is 8.37. The van der Waals surface area contributed by atoms with Crippen LogP contribution >= 0.6 is 0 Å². The van der Waals surface area contributed by atoms with Crippen molar-refractivity contribution in [2.75, 3.05) is 0 Å². The molecule has 0 bridgehead atoms. The molecule has 2 aliphatic rings. The molecule has 0 saturated heterocycles. The van der Waals surface area contributed by atoms with Crippen molar-refractivity contribution in [2.45, 2.75) is 84.6 Å². The van der Waals surface area contributed by atoms with Gasteiger partial charge in [-0.1, -0.05) is 65.9 Å². The van der Waals surface area contributed by atoms with Gasteiger partial charge in [0.25, 0.3) is 0 Å². The van der Waals surface area contributed by atoms with Crippen LogP contribution in [0.2, 0.25) is 0 Å². The topological polar surface area (TPSA) is 50.4 Å². The summed E-state index contributed by atoms with van der Waals surface area (Å²) in [4.78, 5) is 4.59. The highest BCUT2D eigenvalue weighted by Gasteiger charge is 2.23. The Morgan fingerprint density at radius 3 is 2.30 bits per heavy atom. The number of hydrogen-bond donors (Lipinski definition) is 2. The third kappa shape index (κ3) is 5.71. The van der Waals surface area contributed by atoms with E-state index in [-0.39, 0.29) is 5.41 Å². The third-order valence-corrected chi connectivity index (χ3v) is 5.21. The van der Waals surface area contributed by atoms with Crippen LogP contribution in [-0.2, 0) is 0 Å². The lowest BCUT2D eigenvalue weighted by atomic mass is 9.78. The number of nitrogens with zero attached hydrogens (tertiary/aromatic N) is 1. The van der Waals surface area contributed by atoms with Gasteiger partial charge in [-0.05, 0) is 36.2 Å². The van der Waals surface area contributed by atoms with Gasteiger partial charge in [0.1, 0.15) is 5.82 Å². The van der Waals surface area contributed by atoms with Gasteiger partial charge in [0.2, 0.25) is 0 Å². The van der Waals surface area contributed by atoms with Crippen LogP contribution in [0, 0.1) is 11.3 Å². The average molecular weight is 318 g/mol. The molecule has 0 unspecified atom stereocenters. The molecule has 3 N–H and O–H groups in total. The summed E-state index contributed by atoms with van der Waals surface area (Å²) in [6, 6.07) is 0.544. The van der Waals surface area contributed by atoms with Crippen LogP contribution in [0.3, 0.4) is 0 Å². The van der Waals surface area contributed by atoms with Gasteiger partial charge in [-0.15, -0.1) is 0 Å². The van der Waals surface area contributed by atoms with E-state index in [1.807, 2.05) is 6.21 Å². The van der Waals surface area contributed by atoms with E-state index in [1.165, 1.54) is 51.4 Å². The monoisotopic (exact) mass is 317 g/mol. The van der Waals surface area contributed by atoms with Gasteiger partial charge >= 0.3 is 0 Å². The largest absolute Gasteiger partial charge is 0.402 e. The fourth-order valence-corrected chi connectivity index (χ4v) is 3.54. The van der Waals surface area contributed by atoms with Gasteiger partial charge in [0.15, 0.2) is 0 Å². The predicted molar refractivity (Wildman–Crippen MR) is 100 cm³/mol. The van der Waals surface area contributed by atoms with Crippen LogP contribution in [0.25, 0.3) is 0 Å². The van der Waals surface area contributed by atoms with E-state index in [2.05, 4.69) is 37.7 Å². The summed E-state index contributed by atoms with van der Waals surface area (Å²) in [6.45, 7) is 10.7. The molecule has 0 heterocycles. The van der Waals surface area contributed by atoms with Crippen molar-refractivity contribution in [2.24, 2.45) is 22.1 Å². The van der Waals surface area contributed by atoms with Crippen molar-refractivity contribution in [1.82, 2.24) is 5.32 Å². The van der Waals surface area contributed by atoms with Crippen molar-refractivity contribution in [1.29, 1.82) is 0 Å². The molecule has 2 saturated carbocycles. The zero-order chi connectivity index (χ0) is 16.9. The SMILES string of the molecule is C=C(/N=C\C(=C(/N)CC1CCC1)C(C)(C)C)NC1CCCCC1. The molecule has 3 heteroatoms. The van der Waals surface area contributed by atoms with E-state index in [9.17, 15) is 0 Å². The smallest absolute Gasteiger partial charge is 0.118 e. The van der Waals surface area contributed by atoms with Gasteiger partial charge in [-0.3, -0.25) is 0 Å². The third-order valence-electron chi connectivity index (χ3n) is 5.21. The Kier molecular flexibility index (Phi) is 6.32. The minimum absolute atomic E-state index is 0.0163. The van der Waals surface area contributed by atoms with Crippen molar-refractivity contribution >= 4 is 6.21 Å². The van der Waals surface area contributed by atoms with E-state index in [1.54, 1.807) is 0 Å². The summed E-state index contributed by atoms with van der Waals surface area (Å²) in [6.07, 6.45) is 13.4. The first-order valence-corrected chi connectivity index (χ1v) is 9.35. The predicted octanol–water partition coefficient (Wildman–Crippen LogP) is 4.90. The number of allylic oxidation sites excluding steroid dienone is 2. The van der Waals surface area contributed by atoms with Crippen LogP contribution in [0.5, 0.6) is 0 Å². The molecule has 2 aliphatic carbocycles. The molecule has 130 valence electrons. The summed E-state index contributed by atoms with van der Waals surface area (Å²) in [5.74, 6) is 1.56. The lowest BCUT2D eigenvalue weighted by Gasteiger charge is -2.29. The minimum atomic E-state index is 0.0163. The zero-order valence-electron chi connectivity index (χ0n) is 15.3. The van der Waals surface area contributed by atoms with Crippen LogP contribution < -0.4 is 11.1 Å². The molecule has 0 amide bonds. The molecule has 2 rings (SSSR count). The summed E-state index contributed by atoms with van der Waals surface area (Å²) in [7, 11) is 0. The second-order valence-electron chi connectivity index (χ2n) is 8.37. The maximum Gasteiger partial charge on any atom is 0.118 e. The van der Waals surface area contributed by atoms with Crippen LogP contribution in [0.15, 0.2) is 28.7 Å². The fourth-order valence-electron chi connectivity index (χ4n) is 3.54. The van der Waals surface area contributed by atoms with Crippen LogP contribution in [0.1, 0.15) is 78.6 Å². The van der Waals surface area contributed by atoms with Gasteiger partial charge in [0, 0.05) is 18.0 Å². The Bertz CT molecular complexity index is 458. The number of nitrogens with two attached hydrogens (primary N) is 1. The molecule has 23 heavy (non-hydrogen) atoms. The van der Waals surface area contributed by atoms with E-state index in [0.29, 0.717) is 6.04 Å². The van der Waals surface area contributed by atoms with Gasteiger partial charge < -0.3 is 11.1 Å². The van der Waals surface area contributed by atoms with E-state index >= 15 is 0 Å². The van der Waals surface area contributed by atoms with Gasteiger partial charge in [-0.2, -0.15) is 0 Å². The highest BCUT2D eigenvalue weighted by molar-refractivity contribution is 5.81. The summed E-state index contributed by atoms with van der Waals surface area (Å²) in [5, 5.41) is 3.47. The van der Waals surface area contributed by atoms with Crippen molar-refractivity contribution < 1.29 is 0 Å². The maximum atomic E-state index is 6.42. The molecule has 0 aromatic rings. The second kappa shape index (κ2) is 8.03. The highest BCUT2D eigenvalue weighted by atomic mass is 15.0. The normalized spacial score (nSPS) is 21.9. The number of hydrogen-bond acceptors (Lipinski definition) is 3. The molecular formula is C20H35N3. The van der Waals surface area contributed by atoms with E-state index in [4.69, 9.17) is 5.73 Å². The minimum Gasteiger partial charge on any atom is -0.402 e. The van der Waals surface area contributed by atoms with Crippen molar-refractivity contribution in [3.8, 4) is 0 Å². The standard InChI is InChI=1S/C20H35N3/c1-15(23-17-11-6-5-7-12-17)22-14-18(20(2,3)4)19(21)13-16-9-8-10-16/h14,16-17,23H,1,5-13,21H2,2-4H3/b19-18+,22-14-. The molecule has 3 nitrogen and oxygen atoms in total. The first kappa shape index (κ1) is 18.1. The first-order valence-electron chi connectivity index (χ1n) is 9.35. The van der Waals surface area contributed by atoms with Gasteiger partial charge in [-0.25, -0.2) is 4.99 Å². The van der Waals surface area contributed by atoms with Crippen molar-refractivity contribution in [3.63, 3.8) is 0 Å². The molecule has 2 fully saturated rings. The fraction of sp³-hybridized carbons (Fsp3) is 0.750. The Balaban J connectivity index is 1.98. The lowest BCUT2D eigenvalue weighted by molar-refractivity contribution is 0.311. The van der Waals surface area contributed by atoms with E-state index < -0.39 is 0 Å². The number of aliphatic imine (C=N–C) groups is 1. The zero-order valence-corrected chi connectivity index (χ0v) is 15.3. The molecule has 0 aromatic heterocycles.